The molecule has 0 aliphatic rings. The molecule has 0 N–H and O–H groups in total. The monoisotopic (exact) mass is 282 g/mol. The van der Waals surface area contributed by atoms with Gasteiger partial charge in [-0.05, 0) is 5.25 Å². The molecule has 0 aliphatic heterocycles. The van der Waals surface area contributed by atoms with E-state index in [4.69, 9.17) is 11.6 Å². The molecule has 0 unspecified atom stereocenters. The molecule has 0 amide bonds. The zero-order chi connectivity index (χ0) is 13.1. The van der Waals surface area contributed by atoms with E-state index in [9.17, 15) is 0 Å². The minimum Gasteiger partial charge on any atom is -0.275 e. The van der Waals surface area contributed by atoms with E-state index in [0.717, 1.165) is 22.8 Å². The summed E-state index contributed by atoms with van der Waals surface area (Å²) in [7, 11) is 1.88. The summed E-state index contributed by atoms with van der Waals surface area (Å²) in [6, 6.07) is 1.77. The van der Waals surface area contributed by atoms with Gasteiger partial charge in [-0.2, -0.15) is 16.9 Å². The van der Waals surface area contributed by atoms with Gasteiger partial charge in [-0.1, -0.05) is 25.4 Å². The molecule has 0 bridgehead atoms. The maximum atomic E-state index is 6.03. The maximum absolute atomic E-state index is 6.03. The van der Waals surface area contributed by atoms with Crippen molar-refractivity contribution in [3.63, 3.8) is 0 Å². The van der Waals surface area contributed by atoms with Crippen molar-refractivity contribution in [1.82, 2.24) is 19.7 Å². The van der Waals surface area contributed by atoms with Crippen molar-refractivity contribution in [1.29, 1.82) is 0 Å². The van der Waals surface area contributed by atoms with Gasteiger partial charge in [0, 0.05) is 24.9 Å². The van der Waals surface area contributed by atoms with Gasteiger partial charge in [-0.25, -0.2) is 9.97 Å². The molecule has 0 saturated carbocycles. The Labute approximate surface area is 116 Å². The lowest BCUT2D eigenvalue weighted by molar-refractivity contribution is 0.768. The highest BCUT2D eigenvalue weighted by atomic mass is 35.5. The van der Waals surface area contributed by atoms with E-state index in [-0.39, 0.29) is 0 Å². The smallest absolute Gasteiger partial charge is 0.140 e. The van der Waals surface area contributed by atoms with Crippen LogP contribution in [0.25, 0.3) is 11.3 Å². The van der Waals surface area contributed by atoms with Crippen LogP contribution in [0.1, 0.15) is 19.7 Å². The fourth-order valence-electron chi connectivity index (χ4n) is 1.47. The third kappa shape index (κ3) is 3.46. The second-order valence-electron chi connectivity index (χ2n) is 4.25. The topological polar surface area (TPSA) is 43.6 Å². The second-order valence-corrected chi connectivity index (χ2v) is 6.21. The van der Waals surface area contributed by atoms with Crippen LogP contribution in [0.2, 0.25) is 5.15 Å². The van der Waals surface area contributed by atoms with Crippen LogP contribution in [0.5, 0.6) is 0 Å². The van der Waals surface area contributed by atoms with Gasteiger partial charge in [-0.15, -0.1) is 0 Å². The lowest BCUT2D eigenvalue weighted by Crippen LogP contribution is -1.97. The van der Waals surface area contributed by atoms with E-state index in [1.54, 1.807) is 28.7 Å². The molecule has 0 radical (unpaired) electrons. The highest BCUT2D eigenvalue weighted by Crippen LogP contribution is 2.22. The first-order valence-corrected chi connectivity index (χ1v) is 7.11. The average molecular weight is 283 g/mol. The van der Waals surface area contributed by atoms with Crippen LogP contribution in [0, 0.1) is 0 Å². The van der Waals surface area contributed by atoms with Gasteiger partial charge in [0.2, 0.25) is 0 Å². The molecular weight excluding hydrogens is 268 g/mol. The van der Waals surface area contributed by atoms with E-state index in [2.05, 4.69) is 28.9 Å². The molecule has 0 atom stereocenters. The average Bonchev–Trinajstić information content (AvgIpc) is 2.72. The summed E-state index contributed by atoms with van der Waals surface area (Å²) < 4.78 is 1.74. The van der Waals surface area contributed by atoms with Crippen molar-refractivity contribution in [2.24, 2.45) is 7.05 Å². The van der Waals surface area contributed by atoms with E-state index in [1.165, 1.54) is 0 Å². The SMILES string of the molecule is CC(C)SCc1nc(Cl)cc(-c2cnn(C)c2)n1. The summed E-state index contributed by atoms with van der Waals surface area (Å²) in [5.74, 6) is 1.53. The summed E-state index contributed by atoms with van der Waals surface area (Å²) in [6.45, 7) is 4.30. The Morgan fingerprint density at radius 1 is 1.39 bits per heavy atom. The van der Waals surface area contributed by atoms with Gasteiger partial charge < -0.3 is 0 Å². The van der Waals surface area contributed by atoms with Gasteiger partial charge >= 0.3 is 0 Å². The molecular formula is C12H15ClN4S. The lowest BCUT2D eigenvalue weighted by atomic mass is 10.2. The quantitative estimate of drug-likeness (QED) is 0.808. The normalized spacial score (nSPS) is 11.2. The Morgan fingerprint density at radius 2 is 2.17 bits per heavy atom. The summed E-state index contributed by atoms with van der Waals surface area (Å²) >= 11 is 7.83. The Bertz CT molecular complexity index is 539. The maximum Gasteiger partial charge on any atom is 0.140 e. The minimum absolute atomic E-state index is 0.475. The minimum atomic E-state index is 0.475. The molecule has 2 aromatic rings. The first-order chi connectivity index (χ1) is 8.54. The van der Waals surface area contributed by atoms with Crippen LogP contribution in [-0.2, 0) is 12.8 Å². The van der Waals surface area contributed by atoms with Gasteiger partial charge in [0.05, 0.1) is 17.6 Å². The van der Waals surface area contributed by atoms with Gasteiger partial charge in [0.1, 0.15) is 11.0 Å². The van der Waals surface area contributed by atoms with Crippen molar-refractivity contribution in [2.45, 2.75) is 24.9 Å². The number of aromatic nitrogens is 4. The summed E-state index contributed by atoms with van der Waals surface area (Å²) in [6.07, 6.45) is 3.69. The van der Waals surface area contributed by atoms with Crippen LogP contribution in [0.3, 0.4) is 0 Å². The predicted octanol–water partition coefficient (Wildman–Crippen LogP) is 3.17. The van der Waals surface area contributed by atoms with E-state index >= 15 is 0 Å². The lowest BCUT2D eigenvalue weighted by Gasteiger charge is -2.05. The molecule has 0 saturated heterocycles. The largest absolute Gasteiger partial charge is 0.275 e. The summed E-state index contributed by atoms with van der Waals surface area (Å²) in [5.41, 5.74) is 1.78. The number of aryl methyl sites for hydroxylation is 1. The first-order valence-electron chi connectivity index (χ1n) is 5.68. The molecule has 18 heavy (non-hydrogen) atoms. The van der Waals surface area contributed by atoms with Crippen LogP contribution >= 0.6 is 23.4 Å². The number of rotatable bonds is 4. The standard InChI is InChI=1S/C12H15ClN4S/c1-8(2)18-7-12-15-10(4-11(13)16-12)9-5-14-17(3)6-9/h4-6,8H,7H2,1-3H3. The zero-order valence-corrected chi connectivity index (χ0v) is 12.2. The number of nitrogens with zero attached hydrogens (tertiary/aromatic N) is 4. The molecule has 0 aliphatic carbocycles. The van der Waals surface area contributed by atoms with Crippen molar-refractivity contribution in [3.05, 3.63) is 29.4 Å². The molecule has 0 spiro atoms. The molecule has 4 nitrogen and oxygen atoms in total. The fourth-order valence-corrected chi connectivity index (χ4v) is 2.28. The Balaban J connectivity index is 2.26. The number of thioether (sulfide) groups is 1. The van der Waals surface area contributed by atoms with Crippen LogP contribution in [-0.4, -0.2) is 25.0 Å². The van der Waals surface area contributed by atoms with Gasteiger partial charge in [-0.3, -0.25) is 4.68 Å². The Hall–Kier alpha value is -1.07. The zero-order valence-electron chi connectivity index (χ0n) is 10.6. The molecule has 6 heteroatoms. The van der Waals surface area contributed by atoms with E-state index < -0.39 is 0 Å². The predicted molar refractivity (Wildman–Crippen MR) is 75.7 cm³/mol. The van der Waals surface area contributed by atoms with Crippen molar-refractivity contribution >= 4 is 23.4 Å². The van der Waals surface area contributed by atoms with Gasteiger partial charge in [0.25, 0.3) is 0 Å². The second kappa shape index (κ2) is 5.71. The highest BCUT2D eigenvalue weighted by Gasteiger charge is 2.08. The third-order valence-electron chi connectivity index (χ3n) is 2.29. The van der Waals surface area contributed by atoms with Crippen molar-refractivity contribution in [3.8, 4) is 11.3 Å². The molecule has 2 aromatic heterocycles. The highest BCUT2D eigenvalue weighted by molar-refractivity contribution is 7.99. The third-order valence-corrected chi connectivity index (χ3v) is 3.57. The van der Waals surface area contributed by atoms with E-state index in [1.807, 2.05) is 13.2 Å². The molecule has 2 heterocycles. The number of hydrogen-bond donors (Lipinski definition) is 0. The fraction of sp³-hybridized carbons (Fsp3) is 0.417. The Morgan fingerprint density at radius 3 is 2.78 bits per heavy atom. The summed E-state index contributed by atoms with van der Waals surface area (Å²) in [5, 5.41) is 5.16. The van der Waals surface area contributed by atoms with Gasteiger partial charge in [0.15, 0.2) is 0 Å². The van der Waals surface area contributed by atoms with Crippen LogP contribution < -0.4 is 0 Å². The molecule has 0 fully saturated rings. The molecule has 0 aromatic carbocycles. The number of hydrogen-bond acceptors (Lipinski definition) is 4. The van der Waals surface area contributed by atoms with Crippen LogP contribution in [0.15, 0.2) is 18.5 Å². The van der Waals surface area contributed by atoms with Crippen molar-refractivity contribution < 1.29 is 0 Å². The summed E-state index contributed by atoms with van der Waals surface area (Å²) in [4.78, 5) is 8.76. The van der Waals surface area contributed by atoms with Crippen LogP contribution in [0.4, 0.5) is 0 Å². The molecule has 96 valence electrons. The van der Waals surface area contributed by atoms with Crippen molar-refractivity contribution in [2.75, 3.05) is 0 Å². The van der Waals surface area contributed by atoms with E-state index in [0.29, 0.717) is 10.4 Å². The molecule has 2 rings (SSSR count). The Kier molecular flexibility index (Phi) is 4.24. The first kappa shape index (κ1) is 13.4. The number of halogens is 1.